The van der Waals surface area contributed by atoms with Crippen molar-refractivity contribution in [1.82, 2.24) is 0 Å². The van der Waals surface area contributed by atoms with Crippen LogP contribution in [0.4, 0.5) is 0 Å². The summed E-state index contributed by atoms with van der Waals surface area (Å²) in [5.41, 5.74) is 0.578. The highest BCUT2D eigenvalue weighted by Gasteiger charge is 2.11. The highest BCUT2D eigenvalue weighted by molar-refractivity contribution is 7.91. The van der Waals surface area contributed by atoms with Gasteiger partial charge in [0.05, 0.1) is 10.6 Å². The molecule has 1 N–H and O–H groups in total. The monoisotopic (exact) mass is 200 g/mol. The minimum absolute atomic E-state index is 0.0806. The zero-order valence-corrected chi connectivity index (χ0v) is 8.43. The first-order chi connectivity index (χ1) is 5.97. The number of hydrogen-bond donors (Lipinski definition) is 1. The zero-order valence-electron chi connectivity index (χ0n) is 7.61. The van der Waals surface area contributed by atoms with Crippen LogP contribution in [0.25, 0.3) is 0 Å². The molecule has 1 rings (SSSR count). The van der Waals surface area contributed by atoms with E-state index in [9.17, 15) is 13.5 Å². The van der Waals surface area contributed by atoms with Crippen LogP contribution in [0.2, 0.25) is 0 Å². The van der Waals surface area contributed by atoms with E-state index in [0.29, 0.717) is 5.56 Å². The van der Waals surface area contributed by atoms with Crippen molar-refractivity contribution in [3.05, 3.63) is 23.8 Å². The maximum absolute atomic E-state index is 11.4. The van der Waals surface area contributed by atoms with Crippen LogP contribution < -0.4 is 0 Å². The maximum atomic E-state index is 11.4. The summed E-state index contributed by atoms with van der Waals surface area (Å²) in [6.45, 7) is 3.27. The van der Waals surface area contributed by atoms with Crippen LogP contribution in [-0.4, -0.2) is 19.3 Å². The van der Waals surface area contributed by atoms with Crippen molar-refractivity contribution in [3.8, 4) is 5.75 Å². The summed E-state index contributed by atoms with van der Waals surface area (Å²) in [6, 6.07) is 4.30. The summed E-state index contributed by atoms with van der Waals surface area (Å²) in [4.78, 5) is 0.269. The van der Waals surface area contributed by atoms with Crippen LogP contribution in [0.3, 0.4) is 0 Å². The van der Waals surface area contributed by atoms with Gasteiger partial charge in [-0.1, -0.05) is 6.92 Å². The standard InChI is InChI=1S/C9H12O3S/c1-3-13(11,12)8-4-5-9(10)7(2)6-8/h4-6,10H,3H2,1-2H3. The molecule has 0 amide bonds. The van der Waals surface area contributed by atoms with E-state index in [-0.39, 0.29) is 16.4 Å². The second-order valence-electron chi connectivity index (χ2n) is 2.85. The van der Waals surface area contributed by atoms with Crippen molar-refractivity contribution in [2.24, 2.45) is 0 Å². The van der Waals surface area contributed by atoms with Crippen LogP contribution in [0, 0.1) is 6.92 Å². The first-order valence-electron chi connectivity index (χ1n) is 3.99. The van der Waals surface area contributed by atoms with Gasteiger partial charge >= 0.3 is 0 Å². The van der Waals surface area contributed by atoms with Gasteiger partial charge in [-0.3, -0.25) is 0 Å². The van der Waals surface area contributed by atoms with Crippen molar-refractivity contribution in [3.63, 3.8) is 0 Å². The molecule has 0 saturated heterocycles. The fourth-order valence-corrected chi connectivity index (χ4v) is 1.95. The van der Waals surface area contributed by atoms with Crippen molar-refractivity contribution >= 4 is 9.84 Å². The van der Waals surface area contributed by atoms with Gasteiger partial charge in [-0.2, -0.15) is 0 Å². The van der Waals surface area contributed by atoms with Gasteiger partial charge in [0.15, 0.2) is 9.84 Å². The van der Waals surface area contributed by atoms with E-state index >= 15 is 0 Å². The van der Waals surface area contributed by atoms with Gasteiger partial charge in [-0.05, 0) is 30.7 Å². The summed E-state index contributed by atoms with van der Waals surface area (Å²) in [6.07, 6.45) is 0. The normalized spacial score (nSPS) is 11.5. The fourth-order valence-electron chi connectivity index (χ4n) is 0.988. The SMILES string of the molecule is CCS(=O)(=O)c1ccc(O)c(C)c1. The average Bonchev–Trinajstić information content (AvgIpc) is 2.09. The van der Waals surface area contributed by atoms with E-state index in [1.54, 1.807) is 13.8 Å². The molecule has 0 spiro atoms. The summed E-state index contributed by atoms with van der Waals surface area (Å²) >= 11 is 0. The molecule has 0 aliphatic rings. The van der Waals surface area contributed by atoms with Gasteiger partial charge in [-0.25, -0.2) is 8.42 Å². The average molecular weight is 200 g/mol. The molecule has 0 heterocycles. The third kappa shape index (κ3) is 2.01. The predicted molar refractivity (Wildman–Crippen MR) is 50.6 cm³/mol. The summed E-state index contributed by atoms with van der Waals surface area (Å²) in [7, 11) is -3.15. The molecule has 13 heavy (non-hydrogen) atoms. The van der Waals surface area contributed by atoms with Crippen LogP contribution in [0.15, 0.2) is 23.1 Å². The maximum Gasteiger partial charge on any atom is 0.178 e. The second-order valence-corrected chi connectivity index (χ2v) is 5.13. The van der Waals surface area contributed by atoms with Crippen molar-refractivity contribution in [1.29, 1.82) is 0 Å². The van der Waals surface area contributed by atoms with E-state index in [4.69, 9.17) is 0 Å². The number of aromatic hydroxyl groups is 1. The van der Waals surface area contributed by atoms with Crippen LogP contribution in [-0.2, 0) is 9.84 Å². The Hall–Kier alpha value is -1.03. The van der Waals surface area contributed by atoms with E-state index in [1.165, 1.54) is 18.2 Å². The lowest BCUT2D eigenvalue weighted by molar-refractivity contribution is 0.470. The first kappa shape index (κ1) is 10.1. The third-order valence-corrected chi connectivity index (χ3v) is 3.64. The molecular weight excluding hydrogens is 188 g/mol. The minimum Gasteiger partial charge on any atom is -0.508 e. The number of sulfone groups is 1. The van der Waals surface area contributed by atoms with Crippen LogP contribution in [0.5, 0.6) is 5.75 Å². The lowest BCUT2D eigenvalue weighted by Gasteiger charge is -2.03. The van der Waals surface area contributed by atoms with E-state index < -0.39 is 9.84 Å². The number of phenolic OH excluding ortho intramolecular Hbond substituents is 1. The van der Waals surface area contributed by atoms with E-state index in [0.717, 1.165) is 0 Å². The molecule has 0 atom stereocenters. The number of aryl methyl sites for hydroxylation is 1. The van der Waals surface area contributed by atoms with Gasteiger partial charge in [0.25, 0.3) is 0 Å². The van der Waals surface area contributed by atoms with Gasteiger partial charge in [0, 0.05) is 0 Å². The molecule has 0 fully saturated rings. The lowest BCUT2D eigenvalue weighted by atomic mass is 10.2. The van der Waals surface area contributed by atoms with Crippen molar-refractivity contribution in [2.45, 2.75) is 18.7 Å². The van der Waals surface area contributed by atoms with Crippen molar-refractivity contribution < 1.29 is 13.5 Å². The Balaban J connectivity index is 3.27. The van der Waals surface area contributed by atoms with Crippen LogP contribution >= 0.6 is 0 Å². The van der Waals surface area contributed by atoms with Gasteiger partial charge in [0.1, 0.15) is 5.75 Å². The highest BCUT2D eigenvalue weighted by Crippen LogP contribution is 2.20. The topological polar surface area (TPSA) is 54.4 Å². The molecule has 0 unspecified atom stereocenters. The molecule has 1 aromatic rings. The lowest BCUT2D eigenvalue weighted by Crippen LogP contribution is -2.03. The molecule has 0 aromatic heterocycles. The molecule has 0 saturated carbocycles. The molecule has 4 heteroatoms. The fraction of sp³-hybridized carbons (Fsp3) is 0.333. The number of rotatable bonds is 2. The molecular formula is C9H12O3S. The summed E-state index contributed by atoms with van der Waals surface area (Å²) in [5.74, 6) is 0.201. The molecule has 0 aliphatic carbocycles. The molecule has 0 bridgehead atoms. The Kier molecular flexibility index (Phi) is 2.61. The Bertz CT molecular complexity index is 407. The number of hydrogen-bond acceptors (Lipinski definition) is 3. The predicted octanol–water partition coefficient (Wildman–Crippen LogP) is 1.49. The molecule has 1 aromatic carbocycles. The first-order valence-corrected chi connectivity index (χ1v) is 5.65. The summed E-state index contributed by atoms with van der Waals surface area (Å²) in [5, 5.41) is 9.19. The third-order valence-electron chi connectivity index (χ3n) is 1.91. The summed E-state index contributed by atoms with van der Waals surface area (Å²) < 4.78 is 22.8. The van der Waals surface area contributed by atoms with Gasteiger partial charge < -0.3 is 5.11 Å². The van der Waals surface area contributed by atoms with Crippen molar-refractivity contribution in [2.75, 3.05) is 5.75 Å². The Morgan fingerprint density at radius 3 is 2.46 bits per heavy atom. The minimum atomic E-state index is -3.15. The van der Waals surface area contributed by atoms with Gasteiger partial charge in [0.2, 0.25) is 0 Å². The van der Waals surface area contributed by atoms with E-state index in [1.807, 2.05) is 0 Å². The number of benzene rings is 1. The van der Waals surface area contributed by atoms with Crippen LogP contribution in [0.1, 0.15) is 12.5 Å². The molecule has 0 aliphatic heterocycles. The van der Waals surface area contributed by atoms with E-state index in [2.05, 4.69) is 0 Å². The Morgan fingerprint density at radius 1 is 1.38 bits per heavy atom. The number of phenols is 1. The smallest absolute Gasteiger partial charge is 0.178 e. The quantitative estimate of drug-likeness (QED) is 0.787. The highest BCUT2D eigenvalue weighted by atomic mass is 32.2. The molecule has 72 valence electrons. The molecule has 3 nitrogen and oxygen atoms in total. The Labute approximate surface area is 77.9 Å². The Morgan fingerprint density at radius 2 is 2.00 bits per heavy atom. The zero-order chi connectivity index (χ0) is 10.1. The largest absolute Gasteiger partial charge is 0.508 e. The second kappa shape index (κ2) is 3.38. The molecule has 0 radical (unpaired) electrons. The van der Waals surface area contributed by atoms with Gasteiger partial charge in [-0.15, -0.1) is 0 Å².